The number of aromatic nitrogens is 2. The van der Waals surface area contributed by atoms with Gasteiger partial charge in [-0.2, -0.15) is 0 Å². The van der Waals surface area contributed by atoms with E-state index in [4.69, 9.17) is 5.73 Å². The first-order valence-corrected chi connectivity index (χ1v) is 7.44. The van der Waals surface area contributed by atoms with E-state index in [1.54, 1.807) is 6.92 Å². The Hall–Kier alpha value is -1.57. The van der Waals surface area contributed by atoms with Gasteiger partial charge in [0.25, 0.3) is 5.56 Å². The van der Waals surface area contributed by atoms with Gasteiger partial charge < -0.3 is 5.73 Å². The minimum absolute atomic E-state index is 0.0218. The van der Waals surface area contributed by atoms with Crippen molar-refractivity contribution in [1.29, 1.82) is 0 Å². The third-order valence-corrected chi connectivity index (χ3v) is 4.35. The van der Waals surface area contributed by atoms with Gasteiger partial charge in [-0.05, 0) is 6.92 Å². The van der Waals surface area contributed by atoms with E-state index in [0.29, 0.717) is 6.54 Å². The summed E-state index contributed by atoms with van der Waals surface area (Å²) in [4.78, 5) is 23.5. The maximum absolute atomic E-state index is 11.9. The summed E-state index contributed by atoms with van der Waals surface area (Å²) in [5.74, 6) is -0.266. The molecule has 0 aliphatic rings. The molecule has 0 radical (unpaired) electrons. The fourth-order valence-electron chi connectivity index (χ4n) is 1.47. The SMILES string of the molecule is CCn1cc(N)c(=O)n(CCS(=O)(=O)CC)c1=O. The first-order chi connectivity index (χ1) is 8.32. The summed E-state index contributed by atoms with van der Waals surface area (Å²) < 4.78 is 24.9. The molecule has 0 fully saturated rings. The number of hydrogen-bond donors (Lipinski definition) is 1. The normalized spacial score (nSPS) is 11.7. The average Bonchev–Trinajstić information content (AvgIpc) is 2.33. The molecule has 0 aliphatic carbocycles. The molecule has 7 nitrogen and oxygen atoms in total. The zero-order valence-corrected chi connectivity index (χ0v) is 11.2. The maximum atomic E-state index is 11.9. The Labute approximate surface area is 105 Å². The van der Waals surface area contributed by atoms with Crippen LogP contribution >= 0.6 is 0 Å². The Morgan fingerprint density at radius 3 is 2.39 bits per heavy atom. The number of nitrogens with zero attached hydrogens (tertiary/aromatic N) is 2. The van der Waals surface area contributed by atoms with E-state index >= 15 is 0 Å². The second-order valence-electron chi connectivity index (χ2n) is 3.85. The van der Waals surface area contributed by atoms with E-state index in [1.165, 1.54) is 17.7 Å². The second kappa shape index (κ2) is 5.38. The fraction of sp³-hybridized carbons (Fsp3) is 0.600. The summed E-state index contributed by atoms with van der Waals surface area (Å²) >= 11 is 0. The topological polar surface area (TPSA) is 104 Å². The molecule has 1 heterocycles. The first kappa shape index (κ1) is 14.5. The van der Waals surface area contributed by atoms with E-state index in [2.05, 4.69) is 0 Å². The predicted molar refractivity (Wildman–Crippen MR) is 69.4 cm³/mol. The molecule has 0 saturated carbocycles. The van der Waals surface area contributed by atoms with Crippen molar-refractivity contribution < 1.29 is 8.42 Å². The van der Waals surface area contributed by atoms with Crippen LogP contribution in [0.15, 0.2) is 15.8 Å². The van der Waals surface area contributed by atoms with Gasteiger partial charge in [-0.3, -0.25) is 13.9 Å². The number of nitrogens with two attached hydrogens (primary N) is 1. The first-order valence-electron chi connectivity index (χ1n) is 5.62. The van der Waals surface area contributed by atoms with Crippen molar-refractivity contribution in [2.45, 2.75) is 26.9 Å². The molecule has 0 amide bonds. The lowest BCUT2D eigenvalue weighted by molar-refractivity contribution is 0.568. The standard InChI is InChI=1S/C10H17N3O4S/c1-3-12-7-8(11)9(14)13(10(12)15)5-6-18(16,17)4-2/h7H,3-6,11H2,1-2H3. The van der Waals surface area contributed by atoms with Crippen LogP contribution in [0.2, 0.25) is 0 Å². The average molecular weight is 275 g/mol. The summed E-state index contributed by atoms with van der Waals surface area (Å²) in [6.45, 7) is 3.45. The summed E-state index contributed by atoms with van der Waals surface area (Å²) in [7, 11) is -3.23. The molecule has 0 unspecified atom stereocenters. The second-order valence-corrected chi connectivity index (χ2v) is 6.32. The number of sulfone groups is 1. The number of nitrogen functional groups attached to an aromatic ring is 1. The van der Waals surface area contributed by atoms with Gasteiger partial charge in [0.05, 0.1) is 5.75 Å². The van der Waals surface area contributed by atoms with Crippen LogP contribution < -0.4 is 17.0 Å². The number of hydrogen-bond acceptors (Lipinski definition) is 5. The van der Waals surface area contributed by atoms with Crippen molar-refractivity contribution in [2.75, 3.05) is 17.2 Å². The van der Waals surface area contributed by atoms with Crippen LogP contribution in [0, 0.1) is 0 Å². The molecular formula is C10H17N3O4S. The van der Waals surface area contributed by atoms with Gasteiger partial charge in [0.15, 0.2) is 9.84 Å². The Balaban J connectivity index is 3.21. The van der Waals surface area contributed by atoms with E-state index in [-0.39, 0.29) is 23.7 Å². The van der Waals surface area contributed by atoms with Crippen molar-refractivity contribution in [3.63, 3.8) is 0 Å². The highest BCUT2D eigenvalue weighted by Gasteiger charge is 2.12. The molecule has 0 bridgehead atoms. The fourth-order valence-corrected chi connectivity index (χ4v) is 2.22. The molecule has 1 rings (SSSR count). The monoisotopic (exact) mass is 275 g/mol. The van der Waals surface area contributed by atoms with Gasteiger partial charge in [-0.1, -0.05) is 6.92 Å². The molecule has 2 N–H and O–H groups in total. The van der Waals surface area contributed by atoms with E-state index in [9.17, 15) is 18.0 Å². The highest BCUT2D eigenvalue weighted by atomic mass is 32.2. The van der Waals surface area contributed by atoms with Crippen LogP contribution in [0.4, 0.5) is 5.69 Å². The molecular weight excluding hydrogens is 258 g/mol. The van der Waals surface area contributed by atoms with E-state index in [0.717, 1.165) is 4.57 Å². The van der Waals surface area contributed by atoms with Crippen molar-refractivity contribution >= 4 is 15.5 Å². The predicted octanol–water partition coefficient (Wildman–Crippen LogP) is -0.953. The molecule has 0 aromatic carbocycles. The number of rotatable bonds is 5. The molecule has 8 heteroatoms. The number of anilines is 1. The molecule has 0 aliphatic heterocycles. The lowest BCUT2D eigenvalue weighted by Gasteiger charge is -2.09. The van der Waals surface area contributed by atoms with Crippen molar-refractivity contribution in [3.8, 4) is 0 Å². The number of aryl methyl sites for hydroxylation is 1. The van der Waals surface area contributed by atoms with Gasteiger partial charge >= 0.3 is 5.69 Å². The van der Waals surface area contributed by atoms with Gasteiger partial charge in [0.2, 0.25) is 0 Å². The molecule has 0 spiro atoms. The van der Waals surface area contributed by atoms with E-state index < -0.39 is 21.1 Å². The Morgan fingerprint density at radius 2 is 1.89 bits per heavy atom. The molecule has 0 atom stereocenters. The third-order valence-electron chi connectivity index (χ3n) is 2.67. The van der Waals surface area contributed by atoms with Gasteiger partial charge in [-0.25, -0.2) is 13.2 Å². The minimum atomic E-state index is -3.23. The smallest absolute Gasteiger partial charge is 0.331 e. The molecule has 1 aromatic rings. The molecule has 18 heavy (non-hydrogen) atoms. The zero-order valence-electron chi connectivity index (χ0n) is 10.4. The van der Waals surface area contributed by atoms with Crippen LogP contribution in [0.5, 0.6) is 0 Å². The van der Waals surface area contributed by atoms with Crippen molar-refractivity contribution in [1.82, 2.24) is 9.13 Å². The van der Waals surface area contributed by atoms with E-state index in [1.807, 2.05) is 0 Å². The summed E-state index contributed by atoms with van der Waals surface area (Å²) in [6, 6.07) is 0. The van der Waals surface area contributed by atoms with Crippen molar-refractivity contribution in [2.24, 2.45) is 0 Å². The summed E-state index contributed by atoms with van der Waals surface area (Å²) in [5, 5.41) is 0. The molecule has 0 saturated heterocycles. The summed E-state index contributed by atoms with van der Waals surface area (Å²) in [5.41, 5.74) is 4.25. The quantitative estimate of drug-likeness (QED) is 0.745. The largest absolute Gasteiger partial charge is 0.393 e. The zero-order chi connectivity index (χ0) is 13.9. The molecule has 102 valence electrons. The third kappa shape index (κ3) is 3.00. The Morgan fingerprint density at radius 1 is 1.28 bits per heavy atom. The Bertz CT molecular complexity index is 642. The minimum Gasteiger partial charge on any atom is -0.393 e. The van der Waals surface area contributed by atoms with Crippen LogP contribution in [0.3, 0.4) is 0 Å². The highest BCUT2D eigenvalue weighted by molar-refractivity contribution is 7.91. The van der Waals surface area contributed by atoms with Gasteiger partial charge in [0, 0.05) is 25.0 Å². The van der Waals surface area contributed by atoms with Crippen LogP contribution in [-0.4, -0.2) is 29.1 Å². The van der Waals surface area contributed by atoms with Crippen LogP contribution in [-0.2, 0) is 22.9 Å². The highest BCUT2D eigenvalue weighted by Crippen LogP contribution is 1.93. The van der Waals surface area contributed by atoms with Crippen molar-refractivity contribution in [3.05, 3.63) is 27.0 Å². The van der Waals surface area contributed by atoms with Crippen LogP contribution in [0.1, 0.15) is 13.8 Å². The van der Waals surface area contributed by atoms with Gasteiger partial charge in [0.1, 0.15) is 5.69 Å². The molecule has 1 aromatic heterocycles. The van der Waals surface area contributed by atoms with Crippen LogP contribution in [0.25, 0.3) is 0 Å². The summed E-state index contributed by atoms with van der Waals surface area (Å²) in [6.07, 6.45) is 1.27. The lowest BCUT2D eigenvalue weighted by Crippen LogP contribution is -2.41. The maximum Gasteiger partial charge on any atom is 0.331 e. The van der Waals surface area contributed by atoms with Gasteiger partial charge in [-0.15, -0.1) is 0 Å². The lowest BCUT2D eigenvalue weighted by atomic mass is 10.5. The Kier molecular flexibility index (Phi) is 4.33.